The number of fused-ring (bicyclic) bond motifs is 3. The van der Waals surface area contributed by atoms with Gasteiger partial charge in [-0.05, 0) is 43.0 Å². The molecular formula is C27H30N6O2. The van der Waals surface area contributed by atoms with Crippen molar-refractivity contribution in [2.24, 2.45) is 11.8 Å². The second-order valence-corrected chi connectivity index (χ2v) is 9.85. The number of nitrogens with one attached hydrogen (secondary N) is 3. The number of benzene rings is 2. The Morgan fingerprint density at radius 2 is 1.77 bits per heavy atom. The predicted octanol–water partition coefficient (Wildman–Crippen LogP) is 3.85. The van der Waals surface area contributed by atoms with Crippen molar-refractivity contribution in [3.05, 3.63) is 77.9 Å². The number of likely N-dealkylation sites (tertiary alicyclic amines) is 1. The molecule has 2 fully saturated rings. The number of para-hydroxylation sites is 1. The zero-order valence-electron chi connectivity index (χ0n) is 19.6. The smallest absolute Gasteiger partial charge is 0.251 e. The number of H-pyrrole nitrogens is 1. The minimum atomic E-state index is -0.207. The van der Waals surface area contributed by atoms with Crippen molar-refractivity contribution in [1.29, 1.82) is 0 Å². The number of carbonyl (C=O) groups excluding carboxylic acids is 2. The Kier molecular flexibility index (Phi) is 5.72. The summed E-state index contributed by atoms with van der Waals surface area (Å²) in [4.78, 5) is 33.5. The van der Waals surface area contributed by atoms with E-state index in [2.05, 4.69) is 42.8 Å². The van der Waals surface area contributed by atoms with Crippen LogP contribution < -0.4 is 10.6 Å². The topological polar surface area (TPSA) is 103 Å². The molecule has 3 aliphatic rings. The molecule has 2 amide bonds. The van der Waals surface area contributed by atoms with Crippen molar-refractivity contribution in [3.63, 3.8) is 0 Å². The fourth-order valence-corrected chi connectivity index (χ4v) is 6.26. The highest BCUT2D eigenvalue weighted by Crippen LogP contribution is 2.51. The number of amides is 2. The van der Waals surface area contributed by atoms with E-state index in [0.29, 0.717) is 12.1 Å². The third-order valence-electron chi connectivity index (χ3n) is 7.91. The lowest BCUT2D eigenvalue weighted by atomic mass is 9.80. The second kappa shape index (κ2) is 9.17. The summed E-state index contributed by atoms with van der Waals surface area (Å²) in [6, 6.07) is 17.3. The number of aromatic amines is 1. The number of rotatable bonds is 4. The van der Waals surface area contributed by atoms with Crippen LogP contribution in [-0.4, -0.2) is 44.5 Å². The van der Waals surface area contributed by atoms with Gasteiger partial charge in [-0.15, -0.1) is 0 Å². The van der Waals surface area contributed by atoms with Crippen LogP contribution in [0.15, 0.2) is 60.9 Å². The normalized spacial score (nSPS) is 27.4. The van der Waals surface area contributed by atoms with Gasteiger partial charge in [-0.2, -0.15) is 5.10 Å². The van der Waals surface area contributed by atoms with Gasteiger partial charge in [-0.1, -0.05) is 49.2 Å². The highest BCUT2D eigenvalue weighted by Gasteiger charge is 2.49. The average molecular weight is 471 g/mol. The zero-order chi connectivity index (χ0) is 23.8. The summed E-state index contributed by atoms with van der Waals surface area (Å²) in [6.07, 6.45) is 6.09. The fraction of sp³-hybridized carbons (Fsp3) is 0.407. The van der Waals surface area contributed by atoms with E-state index in [-0.39, 0.29) is 41.8 Å². The average Bonchev–Trinajstić information content (AvgIpc) is 3.60. The molecule has 0 unspecified atom stereocenters. The van der Waals surface area contributed by atoms with Gasteiger partial charge in [0.1, 0.15) is 12.2 Å². The Morgan fingerprint density at radius 3 is 2.60 bits per heavy atom. The van der Waals surface area contributed by atoms with Gasteiger partial charge in [-0.3, -0.25) is 14.7 Å². The molecule has 2 aromatic carbocycles. The number of hydrogen-bond donors (Lipinski definition) is 3. The molecule has 3 N–H and O–H groups in total. The maximum Gasteiger partial charge on any atom is 0.251 e. The molecule has 0 radical (unpaired) electrons. The molecule has 3 heterocycles. The summed E-state index contributed by atoms with van der Waals surface area (Å²) in [6.45, 7) is 0.699. The van der Waals surface area contributed by atoms with Gasteiger partial charge in [0, 0.05) is 29.8 Å². The summed E-state index contributed by atoms with van der Waals surface area (Å²) < 4.78 is 0. The van der Waals surface area contributed by atoms with Crippen LogP contribution in [-0.2, 0) is 4.79 Å². The van der Waals surface area contributed by atoms with Crippen molar-refractivity contribution in [2.75, 3.05) is 11.9 Å². The molecule has 180 valence electrons. The maximum absolute atomic E-state index is 14.1. The van der Waals surface area contributed by atoms with Crippen molar-refractivity contribution >= 4 is 17.5 Å². The molecule has 1 aliphatic carbocycles. The minimum Gasteiger partial charge on any atom is -0.374 e. The fourth-order valence-electron chi connectivity index (χ4n) is 6.26. The van der Waals surface area contributed by atoms with Gasteiger partial charge in [0.15, 0.2) is 0 Å². The molecule has 0 bridgehead atoms. The highest BCUT2D eigenvalue weighted by molar-refractivity contribution is 5.94. The molecule has 5 atom stereocenters. The largest absolute Gasteiger partial charge is 0.374 e. The van der Waals surface area contributed by atoms with Crippen LogP contribution in [0, 0.1) is 11.8 Å². The zero-order valence-corrected chi connectivity index (χ0v) is 19.6. The lowest BCUT2D eigenvalue weighted by Crippen LogP contribution is -2.50. The van der Waals surface area contributed by atoms with Crippen LogP contribution in [0.4, 0.5) is 5.69 Å². The van der Waals surface area contributed by atoms with E-state index >= 15 is 0 Å². The molecule has 3 aromatic rings. The lowest BCUT2D eigenvalue weighted by molar-refractivity contribution is -0.138. The Morgan fingerprint density at radius 1 is 0.971 bits per heavy atom. The van der Waals surface area contributed by atoms with E-state index in [1.54, 1.807) is 0 Å². The third-order valence-corrected chi connectivity index (χ3v) is 7.91. The third kappa shape index (κ3) is 3.96. The van der Waals surface area contributed by atoms with Crippen molar-refractivity contribution in [3.8, 4) is 0 Å². The van der Waals surface area contributed by atoms with E-state index in [1.807, 2.05) is 42.5 Å². The molecule has 1 saturated carbocycles. The first-order valence-electron chi connectivity index (χ1n) is 12.6. The Bertz CT molecular complexity index is 1200. The van der Waals surface area contributed by atoms with Gasteiger partial charge in [0.25, 0.3) is 5.91 Å². The quantitative estimate of drug-likeness (QED) is 0.538. The van der Waals surface area contributed by atoms with Gasteiger partial charge in [0.05, 0.1) is 18.0 Å². The highest BCUT2D eigenvalue weighted by atomic mass is 16.2. The molecule has 1 aromatic heterocycles. The molecule has 6 rings (SSSR count). The number of aromatic nitrogens is 3. The van der Waals surface area contributed by atoms with Crippen LogP contribution in [0.25, 0.3) is 0 Å². The molecule has 35 heavy (non-hydrogen) atoms. The first-order chi connectivity index (χ1) is 17.2. The van der Waals surface area contributed by atoms with E-state index in [1.165, 1.54) is 6.33 Å². The van der Waals surface area contributed by atoms with E-state index < -0.39 is 0 Å². The first kappa shape index (κ1) is 21.8. The van der Waals surface area contributed by atoms with Crippen LogP contribution in [0.1, 0.15) is 65.9 Å². The summed E-state index contributed by atoms with van der Waals surface area (Å²) in [5.41, 5.74) is 2.82. The van der Waals surface area contributed by atoms with E-state index in [0.717, 1.165) is 49.2 Å². The number of carbonyl (C=O) groups is 2. The second-order valence-electron chi connectivity index (χ2n) is 9.85. The number of nitrogens with zero attached hydrogens (tertiary/aromatic N) is 3. The SMILES string of the molecule is O=C(N[C@@H]1CCCC[C@@H]1C(=O)N1CC[C@H]2[C@@H](c3ncn[nH]3)Nc3ccccc3[C@H]21)c1ccccc1. The lowest BCUT2D eigenvalue weighted by Gasteiger charge is -2.41. The summed E-state index contributed by atoms with van der Waals surface area (Å²) in [7, 11) is 0. The minimum absolute atomic E-state index is 0.0255. The number of anilines is 1. The van der Waals surface area contributed by atoms with Crippen LogP contribution >= 0.6 is 0 Å². The standard InChI is InChI=1S/C27H30N6O2/c34-26(17-8-2-1-3-9-17)31-22-13-7-5-11-19(22)27(35)33-15-14-20-23(25-28-16-29-32-25)30-21-12-6-4-10-18(21)24(20)33/h1-4,6,8-10,12,16,19-20,22-24,30H,5,7,11,13-15H2,(H,31,34)(H,28,29,32)/t19-,20-,22+,23-,24+/m0/s1. The maximum atomic E-state index is 14.1. The molecule has 8 heteroatoms. The summed E-state index contributed by atoms with van der Waals surface area (Å²) >= 11 is 0. The van der Waals surface area contributed by atoms with Crippen LogP contribution in [0.3, 0.4) is 0 Å². The molecule has 2 aliphatic heterocycles. The summed E-state index contributed by atoms with van der Waals surface area (Å²) in [5, 5.41) is 13.9. The molecule has 8 nitrogen and oxygen atoms in total. The van der Waals surface area contributed by atoms with Crippen LogP contribution in [0.2, 0.25) is 0 Å². The van der Waals surface area contributed by atoms with Crippen molar-refractivity contribution in [1.82, 2.24) is 25.4 Å². The Labute approximate surface area is 204 Å². The molecular weight excluding hydrogens is 440 g/mol. The molecule has 0 spiro atoms. The van der Waals surface area contributed by atoms with Gasteiger partial charge in [0.2, 0.25) is 5.91 Å². The van der Waals surface area contributed by atoms with E-state index in [4.69, 9.17) is 0 Å². The van der Waals surface area contributed by atoms with Crippen molar-refractivity contribution < 1.29 is 9.59 Å². The monoisotopic (exact) mass is 470 g/mol. The summed E-state index contributed by atoms with van der Waals surface area (Å²) in [5.74, 6) is 0.842. The van der Waals surface area contributed by atoms with Crippen molar-refractivity contribution in [2.45, 2.75) is 50.2 Å². The van der Waals surface area contributed by atoms with Crippen LogP contribution in [0.5, 0.6) is 0 Å². The first-order valence-corrected chi connectivity index (χ1v) is 12.6. The Balaban J connectivity index is 1.27. The van der Waals surface area contributed by atoms with Gasteiger partial charge in [-0.25, -0.2) is 4.98 Å². The van der Waals surface area contributed by atoms with E-state index in [9.17, 15) is 9.59 Å². The number of hydrogen-bond acceptors (Lipinski definition) is 5. The Hall–Kier alpha value is -3.68. The van der Waals surface area contributed by atoms with Gasteiger partial charge >= 0.3 is 0 Å². The van der Waals surface area contributed by atoms with Gasteiger partial charge < -0.3 is 15.5 Å². The molecule has 1 saturated heterocycles. The predicted molar refractivity (Wildman–Crippen MR) is 131 cm³/mol.